The van der Waals surface area contributed by atoms with Crippen molar-refractivity contribution in [3.63, 3.8) is 0 Å². The Morgan fingerprint density at radius 2 is 0.953 bits per heavy atom. The third-order valence-corrected chi connectivity index (χ3v) is 8.96. The van der Waals surface area contributed by atoms with Crippen LogP contribution < -0.4 is 26.6 Å². The third kappa shape index (κ3) is 3.39. The minimum Gasteiger partial charge on any atom is -0.468 e. The lowest BCUT2D eigenvalue weighted by Gasteiger charge is -2.41. The summed E-state index contributed by atoms with van der Waals surface area (Å²) in [7, 11) is 0. The normalized spacial score (nSPS) is 13.8. The maximum absolute atomic E-state index is 6.86. The molecule has 0 atom stereocenters. The van der Waals surface area contributed by atoms with Gasteiger partial charge < -0.3 is 18.6 Å². The second kappa shape index (κ2) is 8.68. The zero-order valence-corrected chi connectivity index (χ0v) is 24.3. The van der Waals surface area contributed by atoms with Crippen molar-refractivity contribution < 1.29 is 8.83 Å². The number of para-hydroxylation sites is 4. The minimum absolute atomic E-state index is 0.0801. The van der Waals surface area contributed by atoms with E-state index in [2.05, 4.69) is 140 Å². The van der Waals surface area contributed by atoms with Gasteiger partial charge in [0.05, 0.1) is 11.4 Å². The maximum Gasteiger partial charge on any atom is 0.342 e. The molecule has 2 aromatic heterocycles. The van der Waals surface area contributed by atoms with Gasteiger partial charge >= 0.3 is 6.71 Å². The van der Waals surface area contributed by atoms with Crippen LogP contribution in [0.1, 0.15) is 26.3 Å². The van der Waals surface area contributed by atoms with E-state index >= 15 is 0 Å². The van der Waals surface area contributed by atoms with Crippen LogP contribution in [0, 0.1) is 0 Å². The predicted molar refractivity (Wildman–Crippen MR) is 179 cm³/mol. The molecule has 7 aromatic rings. The number of furan rings is 2. The Balaban J connectivity index is 1.48. The van der Waals surface area contributed by atoms with Crippen LogP contribution in [0.5, 0.6) is 0 Å². The van der Waals surface area contributed by atoms with Crippen molar-refractivity contribution in [3.05, 3.63) is 127 Å². The summed E-state index contributed by atoms with van der Waals surface area (Å²) in [4.78, 5) is 4.81. The van der Waals surface area contributed by atoms with Crippen LogP contribution in [0.3, 0.4) is 0 Å². The standard InChI is InChI=1S/C38H29BN2O2/c1-38(2,3)24-22-29-33-30(23-24)41(26-16-8-5-9-17-26)35-28-19-11-13-21-32(28)43-37(35)39(33)36-34(27-18-10-12-20-31(27)42-36)40(29)25-14-6-4-7-15-25/h4-23H,1-3H3. The van der Waals surface area contributed by atoms with E-state index in [0.29, 0.717) is 0 Å². The van der Waals surface area contributed by atoms with Crippen LogP contribution in [0.4, 0.5) is 34.1 Å². The molecule has 4 nitrogen and oxygen atoms in total. The lowest BCUT2D eigenvalue weighted by Crippen LogP contribution is -2.60. The Kier molecular flexibility index (Phi) is 4.94. The summed E-state index contributed by atoms with van der Waals surface area (Å²) >= 11 is 0. The van der Waals surface area contributed by atoms with Crippen molar-refractivity contribution in [2.45, 2.75) is 26.2 Å². The van der Waals surface area contributed by atoms with Crippen molar-refractivity contribution in [1.29, 1.82) is 0 Å². The molecule has 0 amide bonds. The van der Waals surface area contributed by atoms with Gasteiger partial charge in [-0.1, -0.05) is 81.4 Å². The molecule has 0 N–H and O–H groups in total. The number of hydrogen-bond acceptors (Lipinski definition) is 4. The molecule has 2 aliphatic heterocycles. The Hall–Kier alpha value is -5.16. The van der Waals surface area contributed by atoms with E-state index in [1.165, 1.54) is 11.0 Å². The minimum atomic E-state index is -0.205. The zero-order chi connectivity index (χ0) is 28.9. The topological polar surface area (TPSA) is 32.8 Å². The van der Waals surface area contributed by atoms with Crippen LogP contribution >= 0.6 is 0 Å². The van der Waals surface area contributed by atoms with Gasteiger partial charge in [0, 0.05) is 33.5 Å². The molecule has 9 rings (SSSR count). The van der Waals surface area contributed by atoms with E-state index < -0.39 is 0 Å². The molecule has 206 valence electrons. The van der Waals surface area contributed by atoms with E-state index in [4.69, 9.17) is 8.83 Å². The van der Waals surface area contributed by atoms with Crippen molar-refractivity contribution in [2.24, 2.45) is 0 Å². The number of rotatable bonds is 2. The summed E-state index contributed by atoms with van der Waals surface area (Å²) in [5.41, 5.74) is 12.6. The van der Waals surface area contributed by atoms with E-state index in [0.717, 1.165) is 67.4 Å². The molecule has 43 heavy (non-hydrogen) atoms. The molecule has 0 spiro atoms. The second-order valence-electron chi connectivity index (χ2n) is 12.6. The molecule has 0 saturated heterocycles. The molecule has 0 unspecified atom stereocenters. The highest BCUT2D eigenvalue weighted by Gasteiger charge is 2.50. The first-order valence-corrected chi connectivity index (χ1v) is 14.9. The summed E-state index contributed by atoms with van der Waals surface area (Å²) in [6, 6.07) is 42.9. The summed E-state index contributed by atoms with van der Waals surface area (Å²) in [6.07, 6.45) is 0. The first-order valence-electron chi connectivity index (χ1n) is 14.9. The summed E-state index contributed by atoms with van der Waals surface area (Å²) < 4.78 is 13.7. The van der Waals surface area contributed by atoms with Gasteiger partial charge in [-0.25, -0.2) is 0 Å². The van der Waals surface area contributed by atoms with Gasteiger partial charge in [0.15, 0.2) is 0 Å². The molecule has 0 fully saturated rings. The van der Waals surface area contributed by atoms with E-state index in [1.807, 2.05) is 12.1 Å². The van der Waals surface area contributed by atoms with Crippen molar-refractivity contribution in [1.82, 2.24) is 0 Å². The second-order valence-corrected chi connectivity index (χ2v) is 12.6. The van der Waals surface area contributed by atoms with E-state index in [9.17, 15) is 0 Å². The van der Waals surface area contributed by atoms with E-state index in [1.54, 1.807) is 0 Å². The van der Waals surface area contributed by atoms with Gasteiger partial charge in [-0.3, -0.25) is 0 Å². The largest absolute Gasteiger partial charge is 0.468 e. The smallest absolute Gasteiger partial charge is 0.342 e. The van der Waals surface area contributed by atoms with Crippen LogP contribution in [0.25, 0.3) is 21.9 Å². The first kappa shape index (κ1) is 24.4. The molecular weight excluding hydrogens is 527 g/mol. The molecule has 4 heterocycles. The monoisotopic (exact) mass is 556 g/mol. The summed E-state index contributed by atoms with van der Waals surface area (Å²) in [6.45, 7) is 6.68. The molecule has 5 aromatic carbocycles. The molecule has 0 radical (unpaired) electrons. The molecular formula is C38H29BN2O2. The third-order valence-electron chi connectivity index (χ3n) is 8.96. The van der Waals surface area contributed by atoms with Gasteiger partial charge in [0.2, 0.25) is 0 Å². The molecule has 0 aliphatic carbocycles. The lowest BCUT2D eigenvalue weighted by atomic mass is 9.37. The van der Waals surface area contributed by atoms with Crippen LogP contribution in [0.15, 0.2) is 130 Å². The highest BCUT2D eigenvalue weighted by Crippen LogP contribution is 2.49. The summed E-state index contributed by atoms with van der Waals surface area (Å²) in [5, 5.41) is 2.19. The number of nitrogens with zero attached hydrogens (tertiary/aromatic N) is 2. The number of fused-ring (bicyclic) bond motifs is 8. The van der Waals surface area contributed by atoms with Gasteiger partial charge in [0.25, 0.3) is 0 Å². The Bertz CT molecular complexity index is 2040. The lowest BCUT2D eigenvalue weighted by molar-refractivity contribution is 0.590. The fraction of sp³-hybridized carbons (Fsp3) is 0.105. The quantitative estimate of drug-likeness (QED) is 0.200. The van der Waals surface area contributed by atoms with Crippen LogP contribution in [0.2, 0.25) is 0 Å². The molecule has 2 aliphatic rings. The van der Waals surface area contributed by atoms with Crippen LogP contribution in [-0.2, 0) is 5.41 Å². The van der Waals surface area contributed by atoms with Crippen LogP contribution in [-0.4, -0.2) is 6.71 Å². The summed E-state index contributed by atoms with van der Waals surface area (Å²) in [5.74, 6) is 0. The Labute approximate surface area is 250 Å². The number of benzene rings is 5. The molecule has 5 heteroatoms. The van der Waals surface area contributed by atoms with Crippen molar-refractivity contribution >= 4 is 79.6 Å². The average Bonchev–Trinajstić information content (AvgIpc) is 3.60. The maximum atomic E-state index is 6.86. The zero-order valence-electron chi connectivity index (χ0n) is 24.3. The molecule has 0 bridgehead atoms. The first-order chi connectivity index (χ1) is 21.0. The van der Waals surface area contributed by atoms with Gasteiger partial charge in [-0.15, -0.1) is 0 Å². The fourth-order valence-electron chi connectivity index (χ4n) is 6.99. The SMILES string of the molecule is CC(C)(C)c1cc2c3c(c1)N(c1ccccc1)c1c(oc4ccccc14)B3c1oc3ccccc3c1N2c1ccccc1. The van der Waals surface area contributed by atoms with Gasteiger partial charge in [-0.05, 0) is 77.1 Å². The molecule has 0 saturated carbocycles. The number of anilines is 6. The Morgan fingerprint density at radius 1 is 0.535 bits per heavy atom. The predicted octanol–water partition coefficient (Wildman–Crippen LogP) is 8.56. The van der Waals surface area contributed by atoms with E-state index in [-0.39, 0.29) is 12.1 Å². The Morgan fingerprint density at radius 3 is 1.40 bits per heavy atom. The fourth-order valence-corrected chi connectivity index (χ4v) is 6.99. The average molecular weight is 556 g/mol. The highest BCUT2D eigenvalue weighted by atomic mass is 16.3. The van der Waals surface area contributed by atoms with Crippen molar-refractivity contribution in [2.75, 3.05) is 9.80 Å². The number of hydrogen-bond donors (Lipinski definition) is 0. The van der Waals surface area contributed by atoms with Crippen molar-refractivity contribution in [3.8, 4) is 0 Å². The van der Waals surface area contributed by atoms with Gasteiger partial charge in [-0.2, -0.15) is 0 Å². The highest BCUT2D eigenvalue weighted by molar-refractivity contribution is 6.99. The van der Waals surface area contributed by atoms with Gasteiger partial charge in [0.1, 0.15) is 22.5 Å².